The molecular weight excluding hydrogens is 444 g/mol. The van der Waals surface area contributed by atoms with Gasteiger partial charge in [0.1, 0.15) is 12.6 Å². The zero-order valence-electron chi connectivity index (χ0n) is 20.4. The fourth-order valence-corrected chi connectivity index (χ4v) is 5.29. The fraction of sp³-hybridized carbons (Fsp3) is 0.464. The van der Waals surface area contributed by atoms with E-state index in [-0.39, 0.29) is 30.9 Å². The Morgan fingerprint density at radius 3 is 2.23 bits per heavy atom. The van der Waals surface area contributed by atoms with Crippen molar-refractivity contribution in [1.82, 2.24) is 10.2 Å². The maximum atomic E-state index is 13.3. The van der Waals surface area contributed by atoms with Crippen LogP contribution in [0.3, 0.4) is 0 Å². The molecule has 186 valence electrons. The molecule has 0 saturated carbocycles. The van der Waals surface area contributed by atoms with Gasteiger partial charge in [0.15, 0.2) is 0 Å². The first-order valence-electron chi connectivity index (χ1n) is 12.5. The summed E-state index contributed by atoms with van der Waals surface area (Å²) < 4.78 is 5.61. The number of fused-ring (bicyclic) bond motifs is 3. The highest BCUT2D eigenvalue weighted by atomic mass is 16.5. The van der Waals surface area contributed by atoms with E-state index >= 15 is 0 Å². The number of carboxylic acids is 1. The van der Waals surface area contributed by atoms with Crippen LogP contribution >= 0.6 is 0 Å². The summed E-state index contributed by atoms with van der Waals surface area (Å²) in [7, 11) is 0. The lowest BCUT2D eigenvalue weighted by Crippen LogP contribution is -2.50. The summed E-state index contributed by atoms with van der Waals surface area (Å²) in [4.78, 5) is 39.2. The number of carbonyl (C=O) groups is 3. The second kappa shape index (κ2) is 10.9. The van der Waals surface area contributed by atoms with Crippen molar-refractivity contribution in [1.29, 1.82) is 0 Å². The molecule has 0 spiro atoms. The van der Waals surface area contributed by atoms with E-state index < -0.39 is 24.0 Å². The Balaban J connectivity index is 1.38. The van der Waals surface area contributed by atoms with E-state index in [1.807, 2.05) is 38.1 Å². The first-order chi connectivity index (χ1) is 16.9. The molecular formula is C28H34N2O5. The molecule has 1 heterocycles. The van der Waals surface area contributed by atoms with Crippen LogP contribution in [0.15, 0.2) is 48.5 Å². The number of amides is 2. The van der Waals surface area contributed by atoms with Crippen molar-refractivity contribution < 1.29 is 24.2 Å². The summed E-state index contributed by atoms with van der Waals surface area (Å²) in [6, 6.07) is 15.5. The molecule has 0 radical (unpaired) electrons. The fourth-order valence-electron chi connectivity index (χ4n) is 5.29. The number of hydrogen-bond acceptors (Lipinski definition) is 4. The Morgan fingerprint density at radius 2 is 1.63 bits per heavy atom. The number of hydrogen-bond donors (Lipinski definition) is 2. The van der Waals surface area contributed by atoms with E-state index in [0.29, 0.717) is 13.0 Å². The van der Waals surface area contributed by atoms with E-state index in [0.717, 1.165) is 41.5 Å². The Morgan fingerprint density at radius 1 is 1.00 bits per heavy atom. The topological polar surface area (TPSA) is 95.9 Å². The van der Waals surface area contributed by atoms with E-state index in [1.165, 1.54) is 4.90 Å². The van der Waals surface area contributed by atoms with Crippen molar-refractivity contribution in [3.8, 4) is 11.1 Å². The normalized spacial score (nSPS) is 18.4. The molecule has 0 bridgehead atoms. The average molecular weight is 479 g/mol. The van der Waals surface area contributed by atoms with Gasteiger partial charge in [-0.25, -0.2) is 9.59 Å². The number of rotatable bonds is 7. The molecule has 35 heavy (non-hydrogen) atoms. The molecule has 2 aromatic rings. The number of ether oxygens (including phenoxy) is 1. The molecule has 7 heteroatoms. The number of aliphatic carboxylic acids is 1. The molecule has 2 amide bonds. The zero-order valence-corrected chi connectivity index (χ0v) is 20.4. The van der Waals surface area contributed by atoms with Gasteiger partial charge in [0.2, 0.25) is 5.91 Å². The summed E-state index contributed by atoms with van der Waals surface area (Å²) in [5.74, 6) is -1.80. The zero-order chi connectivity index (χ0) is 24.9. The van der Waals surface area contributed by atoms with Crippen molar-refractivity contribution in [2.45, 2.75) is 51.5 Å². The highest BCUT2D eigenvalue weighted by Gasteiger charge is 2.36. The van der Waals surface area contributed by atoms with Gasteiger partial charge in [-0.1, -0.05) is 75.2 Å². The molecule has 1 aliphatic heterocycles. The van der Waals surface area contributed by atoms with Crippen LogP contribution in [0.2, 0.25) is 0 Å². The molecule has 1 saturated heterocycles. The summed E-state index contributed by atoms with van der Waals surface area (Å²) in [6.45, 7) is 4.57. The molecule has 2 aliphatic rings. The Hall–Kier alpha value is -3.35. The van der Waals surface area contributed by atoms with Gasteiger partial charge in [0.05, 0.1) is 5.92 Å². The van der Waals surface area contributed by atoms with Crippen LogP contribution in [0.5, 0.6) is 0 Å². The number of carbonyl (C=O) groups excluding carboxylic acids is 2. The lowest BCUT2D eigenvalue weighted by atomic mass is 9.93. The number of nitrogens with zero attached hydrogens (tertiary/aromatic N) is 1. The molecule has 2 N–H and O–H groups in total. The van der Waals surface area contributed by atoms with Crippen LogP contribution in [0.25, 0.3) is 11.1 Å². The van der Waals surface area contributed by atoms with Crippen LogP contribution < -0.4 is 5.32 Å². The molecule has 7 nitrogen and oxygen atoms in total. The molecule has 2 unspecified atom stereocenters. The molecule has 0 aromatic heterocycles. The third kappa shape index (κ3) is 5.34. The van der Waals surface area contributed by atoms with Gasteiger partial charge in [0.25, 0.3) is 0 Å². The monoisotopic (exact) mass is 478 g/mol. The minimum Gasteiger partial charge on any atom is -0.480 e. The van der Waals surface area contributed by atoms with Crippen molar-refractivity contribution in [3.63, 3.8) is 0 Å². The lowest BCUT2D eigenvalue weighted by molar-refractivity contribution is -0.152. The average Bonchev–Trinajstić information content (AvgIpc) is 2.98. The van der Waals surface area contributed by atoms with E-state index in [1.54, 1.807) is 0 Å². The third-order valence-electron chi connectivity index (χ3n) is 7.25. The first-order valence-corrected chi connectivity index (χ1v) is 12.5. The van der Waals surface area contributed by atoms with E-state index in [9.17, 15) is 19.5 Å². The number of nitrogens with one attached hydrogen (secondary N) is 1. The number of benzene rings is 2. The van der Waals surface area contributed by atoms with E-state index in [2.05, 4.69) is 29.6 Å². The number of likely N-dealkylation sites (tertiary alicyclic amines) is 1. The minimum atomic E-state index is -0.966. The molecule has 4 rings (SSSR count). The molecule has 1 aliphatic carbocycles. The molecule has 2 atom stereocenters. The van der Waals surface area contributed by atoms with Gasteiger partial charge in [0, 0.05) is 19.0 Å². The van der Waals surface area contributed by atoms with Crippen LogP contribution in [-0.2, 0) is 14.3 Å². The second-order valence-corrected chi connectivity index (χ2v) is 9.79. The Labute approximate surface area is 206 Å². The van der Waals surface area contributed by atoms with Crippen LogP contribution in [0.4, 0.5) is 4.79 Å². The maximum Gasteiger partial charge on any atom is 0.407 e. The van der Waals surface area contributed by atoms with Crippen molar-refractivity contribution >= 4 is 18.0 Å². The minimum absolute atomic E-state index is 0.0379. The van der Waals surface area contributed by atoms with Crippen molar-refractivity contribution in [2.75, 3.05) is 19.7 Å². The Kier molecular flexibility index (Phi) is 7.73. The summed E-state index contributed by atoms with van der Waals surface area (Å²) in [5, 5.41) is 12.4. The standard InChI is InChI=1S/C28H34N2O5/c1-18(2)23(26(31)30-15-9-3-4-14-25(30)27(32)33)16-29-28(34)35-17-24-21-12-7-5-10-19(21)20-11-6-8-13-22(20)24/h5-8,10-13,18,23-25H,3-4,9,14-17H2,1-2H3,(H,29,34)(H,32,33). The van der Waals surface area contributed by atoms with Crippen LogP contribution in [-0.4, -0.2) is 53.7 Å². The highest BCUT2D eigenvalue weighted by molar-refractivity contribution is 5.86. The van der Waals surface area contributed by atoms with Gasteiger partial charge in [-0.2, -0.15) is 0 Å². The van der Waals surface area contributed by atoms with Gasteiger partial charge in [-0.3, -0.25) is 4.79 Å². The summed E-state index contributed by atoms with van der Waals surface area (Å²) in [5.41, 5.74) is 4.59. The maximum absolute atomic E-state index is 13.3. The van der Waals surface area contributed by atoms with Gasteiger partial charge < -0.3 is 20.1 Å². The summed E-state index contributed by atoms with van der Waals surface area (Å²) >= 11 is 0. The lowest BCUT2D eigenvalue weighted by Gasteiger charge is -2.32. The quantitative estimate of drug-likeness (QED) is 0.604. The van der Waals surface area contributed by atoms with Crippen LogP contribution in [0, 0.1) is 11.8 Å². The summed E-state index contributed by atoms with van der Waals surface area (Å²) in [6.07, 6.45) is 2.39. The smallest absolute Gasteiger partial charge is 0.407 e. The van der Waals surface area contributed by atoms with Gasteiger partial charge >= 0.3 is 12.1 Å². The highest BCUT2D eigenvalue weighted by Crippen LogP contribution is 2.44. The van der Waals surface area contributed by atoms with Crippen LogP contribution in [0.1, 0.15) is 56.6 Å². The largest absolute Gasteiger partial charge is 0.480 e. The number of carboxylic acid groups (broad SMARTS) is 1. The predicted molar refractivity (Wildman–Crippen MR) is 133 cm³/mol. The molecule has 1 fully saturated rings. The number of alkyl carbamates (subject to hydrolysis) is 1. The Bertz CT molecular complexity index is 1040. The van der Waals surface area contributed by atoms with Crippen molar-refractivity contribution in [2.24, 2.45) is 11.8 Å². The van der Waals surface area contributed by atoms with Gasteiger partial charge in [-0.05, 0) is 41.0 Å². The van der Waals surface area contributed by atoms with E-state index in [4.69, 9.17) is 4.74 Å². The third-order valence-corrected chi connectivity index (χ3v) is 7.25. The second-order valence-electron chi connectivity index (χ2n) is 9.79. The van der Waals surface area contributed by atoms with Gasteiger partial charge in [-0.15, -0.1) is 0 Å². The predicted octanol–water partition coefficient (Wildman–Crippen LogP) is 4.65. The first kappa shape index (κ1) is 24.8. The SMILES string of the molecule is CC(C)C(CNC(=O)OCC1c2ccccc2-c2ccccc21)C(=O)N1CCCCCC1C(=O)O. The molecule has 2 aromatic carbocycles. The van der Waals surface area contributed by atoms with Crippen molar-refractivity contribution in [3.05, 3.63) is 59.7 Å².